The summed E-state index contributed by atoms with van der Waals surface area (Å²) in [5.41, 5.74) is 1.77. The molecule has 0 aliphatic heterocycles. The van der Waals surface area contributed by atoms with Crippen LogP contribution < -0.4 is 0 Å². The second-order valence-electron chi connectivity index (χ2n) is 3.42. The van der Waals surface area contributed by atoms with Gasteiger partial charge in [0.15, 0.2) is 0 Å². The fourth-order valence-electron chi connectivity index (χ4n) is 1.04. The summed E-state index contributed by atoms with van der Waals surface area (Å²) in [6.45, 7) is 15.1. The van der Waals surface area contributed by atoms with Crippen LogP contribution in [0.2, 0.25) is 0 Å². The van der Waals surface area contributed by atoms with Crippen molar-refractivity contribution in [3.8, 4) is 0 Å². The van der Waals surface area contributed by atoms with Gasteiger partial charge in [-0.15, -0.1) is 0 Å². The molecule has 0 heterocycles. The van der Waals surface area contributed by atoms with E-state index < -0.39 is 0 Å². The fraction of sp³-hybridized carbons (Fsp3) is 0.571. The van der Waals surface area contributed by atoms with Crippen molar-refractivity contribution < 1.29 is 9.47 Å². The van der Waals surface area contributed by atoms with Gasteiger partial charge in [-0.3, -0.25) is 0 Å². The number of methoxy groups -OCH3 is 2. The van der Waals surface area contributed by atoms with Gasteiger partial charge in [-0.1, -0.05) is 32.6 Å². The van der Waals surface area contributed by atoms with E-state index in [2.05, 4.69) is 13.2 Å². The highest BCUT2D eigenvalue weighted by molar-refractivity contribution is 5.28. The summed E-state index contributed by atoms with van der Waals surface area (Å²) in [6, 6.07) is 0. The lowest BCUT2D eigenvalue weighted by molar-refractivity contribution is 0.169. The van der Waals surface area contributed by atoms with Crippen LogP contribution in [-0.4, -0.2) is 39.3 Å². The van der Waals surface area contributed by atoms with Crippen molar-refractivity contribution in [2.75, 3.05) is 34.4 Å². The lowest BCUT2D eigenvalue weighted by Gasteiger charge is -2.22. The first-order valence-electron chi connectivity index (χ1n) is 5.83. The molecular formula is C14H27NO2. The number of ether oxygens (including phenoxy) is 2. The van der Waals surface area contributed by atoms with E-state index in [-0.39, 0.29) is 0 Å². The molecule has 0 aliphatic rings. The minimum Gasteiger partial charge on any atom is -0.495 e. The molecule has 0 unspecified atom stereocenters. The van der Waals surface area contributed by atoms with E-state index in [1.165, 1.54) is 0 Å². The van der Waals surface area contributed by atoms with Gasteiger partial charge in [0.05, 0.1) is 19.4 Å². The Morgan fingerprint density at radius 3 is 2.12 bits per heavy atom. The normalized spacial score (nSPS) is 10.1. The first-order chi connectivity index (χ1) is 8.02. The molecule has 0 aromatic rings. The first kappa shape index (κ1) is 18.2. The summed E-state index contributed by atoms with van der Waals surface area (Å²) in [6.07, 6.45) is 1.87. The van der Waals surface area contributed by atoms with Crippen LogP contribution in [0.4, 0.5) is 0 Å². The van der Waals surface area contributed by atoms with Gasteiger partial charge >= 0.3 is 0 Å². The molecule has 0 bridgehead atoms. The predicted molar refractivity (Wildman–Crippen MR) is 74.9 cm³/mol. The lowest BCUT2D eigenvalue weighted by atomic mass is 10.2. The van der Waals surface area contributed by atoms with E-state index >= 15 is 0 Å². The first-order valence-corrected chi connectivity index (χ1v) is 5.83. The summed E-state index contributed by atoms with van der Waals surface area (Å²) in [4.78, 5) is 1.99. The van der Waals surface area contributed by atoms with Gasteiger partial charge in [0.1, 0.15) is 5.76 Å². The largest absolute Gasteiger partial charge is 0.495 e. The van der Waals surface area contributed by atoms with E-state index in [1.54, 1.807) is 14.2 Å². The zero-order valence-corrected chi connectivity index (χ0v) is 12.2. The van der Waals surface area contributed by atoms with E-state index in [1.807, 2.05) is 38.8 Å². The maximum Gasteiger partial charge on any atom is 0.141 e. The highest BCUT2D eigenvalue weighted by Crippen LogP contribution is 2.13. The average molecular weight is 241 g/mol. The number of rotatable bonds is 7. The molecule has 100 valence electrons. The summed E-state index contributed by atoms with van der Waals surface area (Å²) < 4.78 is 10.2. The Labute approximate surface area is 106 Å². The molecule has 17 heavy (non-hydrogen) atoms. The summed E-state index contributed by atoms with van der Waals surface area (Å²) in [5.74, 6) is 0.737. The molecule has 0 aliphatic carbocycles. The molecule has 0 N–H and O–H groups in total. The Kier molecular flexibility index (Phi) is 12.0. The van der Waals surface area contributed by atoms with Crippen LogP contribution in [0, 0.1) is 0 Å². The Balaban J connectivity index is 0. The number of hydrogen-bond acceptors (Lipinski definition) is 3. The van der Waals surface area contributed by atoms with E-state index in [4.69, 9.17) is 9.47 Å². The molecule has 0 saturated heterocycles. The quantitative estimate of drug-likeness (QED) is 0.504. The third-order valence-corrected chi connectivity index (χ3v) is 1.97. The average Bonchev–Trinajstić information content (AvgIpc) is 2.34. The molecule has 0 rings (SSSR count). The van der Waals surface area contributed by atoms with Crippen molar-refractivity contribution in [1.29, 1.82) is 0 Å². The SMILES string of the molecule is C=C(C)/C=C(/OC)C(=C)N(C)CCOC.CC. The maximum absolute atomic E-state index is 5.24. The minimum atomic E-state index is 0.666. The molecule has 0 aromatic carbocycles. The van der Waals surface area contributed by atoms with Crippen molar-refractivity contribution in [3.63, 3.8) is 0 Å². The predicted octanol–water partition coefficient (Wildman–Crippen LogP) is 3.21. The van der Waals surface area contributed by atoms with Gasteiger partial charge in [0.25, 0.3) is 0 Å². The van der Waals surface area contributed by atoms with E-state index in [0.717, 1.165) is 23.6 Å². The summed E-state index contributed by atoms with van der Waals surface area (Å²) >= 11 is 0. The maximum atomic E-state index is 5.24. The van der Waals surface area contributed by atoms with Crippen LogP contribution in [0.5, 0.6) is 0 Å². The van der Waals surface area contributed by atoms with E-state index in [0.29, 0.717) is 6.61 Å². The van der Waals surface area contributed by atoms with Crippen molar-refractivity contribution >= 4 is 0 Å². The second-order valence-corrected chi connectivity index (χ2v) is 3.42. The van der Waals surface area contributed by atoms with Crippen molar-refractivity contribution in [3.05, 3.63) is 36.3 Å². The second kappa shape index (κ2) is 11.3. The lowest BCUT2D eigenvalue weighted by Crippen LogP contribution is -2.23. The Hall–Kier alpha value is -1.22. The van der Waals surface area contributed by atoms with Gasteiger partial charge in [-0.05, 0) is 13.0 Å². The highest BCUT2D eigenvalue weighted by Gasteiger charge is 2.07. The number of likely N-dealkylation sites (N-methyl/N-ethyl adjacent to an activating group) is 1. The van der Waals surface area contributed by atoms with Gasteiger partial charge in [0.2, 0.25) is 0 Å². The van der Waals surface area contributed by atoms with Crippen LogP contribution >= 0.6 is 0 Å². The Morgan fingerprint density at radius 1 is 1.24 bits per heavy atom. The van der Waals surface area contributed by atoms with Gasteiger partial charge in [-0.25, -0.2) is 0 Å². The number of hydrogen-bond donors (Lipinski definition) is 0. The van der Waals surface area contributed by atoms with E-state index in [9.17, 15) is 0 Å². The minimum absolute atomic E-state index is 0.666. The molecule has 3 heteroatoms. The molecule has 0 amide bonds. The number of nitrogens with zero attached hydrogens (tertiary/aromatic N) is 1. The van der Waals surface area contributed by atoms with Crippen LogP contribution in [0.25, 0.3) is 0 Å². The standard InChI is InChI=1S/C12H21NO2.C2H6/c1-10(2)9-12(15-6)11(3)13(4)7-8-14-5;1-2/h9H,1,3,7-8H2,2,4-6H3;1-2H3/b12-9+;. The van der Waals surface area contributed by atoms with Gasteiger partial charge < -0.3 is 14.4 Å². The van der Waals surface area contributed by atoms with Crippen LogP contribution in [0.1, 0.15) is 20.8 Å². The molecular weight excluding hydrogens is 214 g/mol. The molecule has 0 spiro atoms. The summed E-state index contributed by atoms with van der Waals surface area (Å²) in [7, 11) is 5.26. The molecule has 3 nitrogen and oxygen atoms in total. The Bertz CT molecular complexity index is 257. The van der Waals surface area contributed by atoms with Crippen molar-refractivity contribution in [2.24, 2.45) is 0 Å². The molecule has 0 radical (unpaired) electrons. The zero-order chi connectivity index (χ0) is 13.8. The summed E-state index contributed by atoms with van der Waals surface area (Å²) in [5, 5.41) is 0. The fourth-order valence-corrected chi connectivity index (χ4v) is 1.04. The molecule has 0 aromatic heterocycles. The molecule has 0 fully saturated rings. The third-order valence-electron chi connectivity index (χ3n) is 1.97. The highest BCUT2D eigenvalue weighted by atomic mass is 16.5. The molecule has 0 atom stereocenters. The number of allylic oxidation sites excluding steroid dienone is 2. The van der Waals surface area contributed by atoms with Crippen molar-refractivity contribution in [1.82, 2.24) is 4.90 Å². The van der Waals surface area contributed by atoms with Gasteiger partial charge in [0, 0.05) is 20.7 Å². The Morgan fingerprint density at radius 2 is 1.76 bits per heavy atom. The third kappa shape index (κ3) is 8.57. The monoisotopic (exact) mass is 241 g/mol. The topological polar surface area (TPSA) is 21.7 Å². The zero-order valence-electron chi connectivity index (χ0n) is 12.2. The van der Waals surface area contributed by atoms with Gasteiger partial charge in [-0.2, -0.15) is 0 Å². The smallest absolute Gasteiger partial charge is 0.141 e. The van der Waals surface area contributed by atoms with Crippen LogP contribution in [0.15, 0.2) is 36.3 Å². The molecule has 0 saturated carbocycles. The van der Waals surface area contributed by atoms with Crippen LogP contribution in [-0.2, 0) is 9.47 Å². The van der Waals surface area contributed by atoms with Crippen molar-refractivity contribution in [2.45, 2.75) is 20.8 Å². The van der Waals surface area contributed by atoms with Crippen LogP contribution in [0.3, 0.4) is 0 Å².